The summed E-state index contributed by atoms with van der Waals surface area (Å²) < 4.78 is 59.7. The number of benzene rings is 2. The molecule has 0 spiro atoms. The molecular weight excluding hydrogens is 861 g/mol. The lowest BCUT2D eigenvalue weighted by atomic mass is 9.88. The quantitative estimate of drug-likeness (QED) is 0.0530. The molecule has 3 aliphatic rings. The van der Waals surface area contributed by atoms with Crippen molar-refractivity contribution in [1.82, 2.24) is 14.7 Å². The van der Waals surface area contributed by atoms with Gasteiger partial charge in [-0.15, -0.1) is 11.3 Å². The van der Waals surface area contributed by atoms with Crippen LogP contribution in [0.3, 0.4) is 0 Å². The minimum absolute atomic E-state index is 0.0430. The van der Waals surface area contributed by atoms with Gasteiger partial charge in [0.1, 0.15) is 12.6 Å². The number of amides is 4. The van der Waals surface area contributed by atoms with Gasteiger partial charge in [-0.2, -0.15) is 0 Å². The van der Waals surface area contributed by atoms with E-state index in [0.717, 1.165) is 35.5 Å². The minimum atomic E-state index is -1.11. The van der Waals surface area contributed by atoms with E-state index in [4.69, 9.17) is 28.8 Å². The second-order valence-electron chi connectivity index (χ2n) is 16.2. The van der Waals surface area contributed by atoms with Gasteiger partial charge in [-0.05, 0) is 30.0 Å². The van der Waals surface area contributed by atoms with Crippen LogP contribution in [0.25, 0.3) is 10.1 Å². The molecule has 1 N–H and O–H groups in total. The Morgan fingerprint density at radius 3 is 2.27 bits per heavy atom. The number of imide groups is 1. The van der Waals surface area contributed by atoms with Crippen LogP contribution in [0.4, 0.5) is 8.78 Å². The molecule has 3 aromatic rings. The van der Waals surface area contributed by atoms with Crippen molar-refractivity contribution in [1.29, 1.82) is 0 Å². The summed E-state index contributed by atoms with van der Waals surface area (Å²) in [5.41, 5.74) is 0.760. The average molecular weight is 914 g/mol. The molecular formula is C45H53F2N3O13S. The number of hydrogen-bond donors (Lipinski definition) is 1. The van der Waals surface area contributed by atoms with E-state index in [0.29, 0.717) is 16.7 Å². The van der Waals surface area contributed by atoms with Gasteiger partial charge in [-0.1, -0.05) is 26.7 Å². The Morgan fingerprint density at radius 2 is 1.58 bits per heavy atom. The number of aliphatic carboxylic acids is 1. The Morgan fingerprint density at radius 1 is 0.875 bits per heavy atom. The summed E-state index contributed by atoms with van der Waals surface area (Å²) in [5, 5.41) is 9.01. The van der Waals surface area contributed by atoms with Crippen LogP contribution in [0.5, 0.6) is 23.0 Å². The summed E-state index contributed by atoms with van der Waals surface area (Å²) in [6, 6.07) is 4.49. The van der Waals surface area contributed by atoms with E-state index >= 15 is 8.78 Å². The number of carbonyl (C=O) groups excluding carboxylic acids is 6. The summed E-state index contributed by atoms with van der Waals surface area (Å²) in [6.45, 7) is 3.98. The van der Waals surface area contributed by atoms with E-state index in [2.05, 4.69) is 6.92 Å². The lowest BCUT2D eigenvalue weighted by Gasteiger charge is -2.21. The number of carboxylic acid groups (broad SMARTS) is 1. The Kier molecular flexibility index (Phi) is 15.8. The molecule has 0 radical (unpaired) electrons. The van der Waals surface area contributed by atoms with Gasteiger partial charge < -0.3 is 38.6 Å². The maximum absolute atomic E-state index is 15.9. The van der Waals surface area contributed by atoms with Crippen molar-refractivity contribution in [2.24, 2.45) is 11.8 Å². The van der Waals surface area contributed by atoms with Gasteiger partial charge in [0, 0.05) is 79.4 Å². The number of ether oxygens (including phenoxy) is 5. The lowest BCUT2D eigenvalue weighted by Crippen LogP contribution is -2.42. The van der Waals surface area contributed by atoms with Gasteiger partial charge in [0.2, 0.25) is 23.6 Å². The second-order valence-corrected chi connectivity index (χ2v) is 17.3. The summed E-state index contributed by atoms with van der Waals surface area (Å²) in [7, 11) is 2.68. The summed E-state index contributed by atoms with van der Waals surface area (Å²) in [5.74, 6) is -5.68. The van der Waals surface area contributed by atoms with Crippen molar-refractivity contribution < 1.29 is 71.1 Å². The zero-order chi connectivity index (χ0) is 46.2. The number of unbranched alkanes of at least 4 members (excludes halogenated alkanes) is 1. The van der Waals surface area contributed by atoms with Crippen LogP contribution in [-0.2, 0) is 46.6 Å². The van der Waals surface area contributed by atoms with E-state index in [1.165, 1.54) is 36.2 Å². The van der Waals surface area contributed by atoms with Crippen molar-refractivity contribution in [3.05, 3.63) is 45.8 Å². The Hall–Kier alpha value is -5.85. The van der Waals surface area contributed by atoms with Gasteiger partial charge in [0.25, 0.3) is 0 Å². The molecule has 1 aromatic heterocycles. The first-order valence-corrected chi connectivity index (χ1v) is 22.2. The summed E-state index contributed by atoms with van der Waals surface area (Å²) in [4.78, 5) is 92.1. The smallest absolute Gasteiger partial charge is 0.306 e. The molecule has 19 heteroatoms. The number of Topliss-reactive ketones (excluding diaryl/α,β-unsaturated/α-hetero) is 1. The molecule has 2 saturated heterocycles. The number of hydrogen-bond acceptors (Lipinski definition) is 13. The van der Waals surface area contributed by atoms with Crippen molar-refractivity contribution in [3.8, 4) is 23.0 Å². The van der Waals surface area contributed by atoms with E-state index in [1.54, 1.807) is 6.07 Å². The third-order valence-electron chi connectivity index (χ3n) is 11.8. The second kappa shape index (κ2) is 21.2. The zero-order valence-corrected chi connectivity index (χ0v) is 37.2. The molecule has 3 atom stereocenters. The first-order chi connectivity index (χ1) is 30.6. The third-order valence-corrected chi connectivity index (χ3v) is 12.9. The highest BCUT2D eigenvalue weighted by molar-refractivity contribution is 7.20. The van der Waals surface area contributed by atoms with Crippen molar-refractivity contribution >= 4 is 62.8 Å². The van der Waals surface area contributed by atoms with Gasteiger partial charge in [-0.3, -0.25) is 38.5 Å². The third kappa shape index (κ3) is 10.9. The van der Waals surface area contributed by atoms with Crippen molar-refractivity contribution in [2.45, 2.75) is 97.2 Å². The molecule has 4 amide bonds. The number of esters is 1. The molecule has 2 aromatic carbocycles. The highest BCUT2D eigenvalue weighted by atomic mass is 32.1. The normalized spacial score (nSPS) is 17.5. The SMILES string of the molecule is CCCCC(C)C1CC(=O)N(CC(=O)N2CC[C@H](OC(=O)CCC(=O)c3cc4c(F)c(OCCCOc5c(OC)cc6c(c5F)CN(C(=O)CCC(=O)O)C6)c(OC)cc4s3)C2)C1=O. The first-order valence-electron chi connectivity index (χ1n) is 21.4. The number of fused-ring (bicyclic) bond motifs is 2. The number of methoxy groups -OCH3 is 2. The van der Waals surface area contributed by atoms with Crippen LogP contribution in [-0.4, -0.2) is 114 Å². The van der Waals surface area contributed by atoms with Crippen LogP contribution in [0.2, 0.25) is 0 Å². The number of rotatable bonds is 22. The summed E-state index contributed by atoms with van der Waals surface area (Å²) >= 11 is 1.03. The fourth-order valence-corrected chi connectivity index (χ4v) is 9.20. The predicted molar refractivity (Wildman–Crippen MR) is 226 cm³/mol. The van der Waals surface area contributed by atoms with Crippen LogP contribution in [0.1, 0.15) is 98.9 Å². The standard InChI is InChI=1S/C45H53F2N3O13S/c1-5-6-8-25(2)28-19-37(53)50(45(28)58)24-38(54)48-14-13-27(22-48)63-40(57)12-9-31(51)35-18-29-34(64-35)20-33(60-4)44(41(29)46)62-16-7-15-61-43-32(59-3)17-26-21-49(23-30(26)42(43)47)36(52)10-11-39(55)56/h17-18,20,25,27-28H,5-16,19,21-24H2,1-4H3,(H,55,56)/t25?,27-,28?/m0/s1. The van der Waals surface area contributed by atoms with Gasteiger partial charge >= 0.3 is 11.9 Å². The van der Waals surface area contributed by atoms with Crippen molar-refractivity contribution in [2.75, 3.05) is 47.1 Å². The molecule has 346 valence electrons. The molecule has 0 bridgehead atoms. The molecule has 2 unspecified atom stereocenters. The Balaban J connectivity index is 0.965. The predicted octanol–water partition coefficient (Wildman–Crippen LogP) is 6.06. The van der Waals surface area contributed by atoms with Crippen LogP contribution < -0.4 is 18.9 Å². The number of nitrogens with zero attached hydrogens (tertiary/aromatic N) is 3. The number of carbonyl (C=O) groups is 7. The summed E-state index contributed by atoms with van der Waals surface area (Å²) in [6.07, 6.45) is 1.80. The maximum Gasteiger partial charge on any atom is 0.306 e. The minimum Gasteiger partial charge on any atom is -0.493 e. The fourth-order valence-electron chi connectivity index (χ4n) is 8.14. The lowest BCUT2D eigenvalue weighted by molar-refractivity contribution is -0.149. The number of ketones is 1. The molecule has 4 heterocycles. The molecule has 2 fully saturated rings. The van der Waals surface area contributed by atoms with E-state index < -0.39 is 53.2 Å². The van der Waals surface area contributed by atoms with E-state index in [9.17, 15) is 33.6 Å². The average Bonchev–Trinajstić information content (AvgIpc) is 4.08. The monoisotopic (exact) mass is 913 g/mol. The molecule has 0 saturated carbocycles. The van der Waals surface area contributed by atoms with E-state index in [1.807, 2.05) is 6.92 Å². The van der Waals surface area contributed by atoms with Crippen LogP contribution in [0.15, 0.2) is 18.2 Å². The highest BCUT2D eigenvalue weighted by Crippen LogP contribution is 2.41. The zero-order valence-electron chi connectivity index (χ0n) is 36.3. The number of likely N-dealkylation sites (tertiary alicyclic amines) is 2. The number of thiophene rings is 1. The van der Waals surface area contributed by atoms with Crippen molar-refractivity contribution in [3.63, 3.8) is 0 Å². The van der Waals surface area contributed by atoms with Crippen LogP contribution >= 0.6 is 11.3 Å². The largest absolute Gasteiger partial charge is 0.493 e. The maximum atomic E-state index is 15.9. The number of carboxylic acids is 1. The Labute approximate surface area is 372 Å². The van der Waals surface area contributed by atoms with Gasteiger partial charge in [0.05, 0.1) is 51.7 Å². The molecule has 0 aliphatic carbocycles. The molecule has 3 aliphatic heterocycles. The molecule has 64 heavy (non-hydrogen) atoms. The molecule has 6 rings (SSSR count). The van der Waals surface area contributed by atoms with Gasteiger partial charge in [0.15, 0.2) is 40.4 Å². The van der Waals surface area contributed by atoms with Gasteiger partial charge in [-0.25, -0.2) is 8.78 Å². The molecule has 16 nitrogen and oxygen atoms in total. The van der Waals surface area contributed by atoms with Crippen LogP contribution in [0, 0.1) is 23.5 Å². The first kappa shape index (κ1) is 47.6. The Bertz CT molecular complexity index is 2300. The fraction of sp³-hybridized carbons (Fsp3) is 0.533. The number of halogens is 2. The topological polar surface area (TPSA) is 196 Å². The van der Waals surface area contributed by atoms with E-state index in [-0.39, 0.29) is 141 Å². The highest BCUT2D eigenvalue weighted by Gasteiger charge is 2.43.